The van der Waals surface area contributed by atoms with Crippen molar-refractivity contribution >= 4 is 70.2 Å². The Bertz CT molecular complexity index is 3010. The number of ether oxygens (including phenoxy) is 1. The van der Waals surface area contributed by atoms with Crippen molar-refractivity contribution in [1.82, 2.24) is 9.80 Å². The normalized spacial score (nSPS) is 15.1. The lowest BCUT2D eigenvalue weighted by Gasteiger charge is -2.16. The van der Waals surface area contributed by atoms with E-state index in [1.54, 1.807) is 24.3 Å². The van der Waals surface area contributed by atoms with Crippen molar-refractivity contribution in [2.75, 3.05) is 23.9 Å². The van der Waals surface area contributed by atoms with E-state index < -0.39 is 58.8 Å². The number of rotatable bonds is 8. The van der Waals surface area contributed by atoms with Gasteiger partial charge in [0.15, 0.2) is 11.6 Å². The molecule has 4 heterocycles. The summed E-state index contributed by atoms with van der Waals surface area (Å²) in [6.07, 6.45) is 0. The van der Waals surface area contributed by atoms with Crippen molar-refractivity contribution in [3.05, 3.63) is 188 Å². The van der Waals surface area contributed by atoms with Gasteiger partial charge in [-0.1, -0.05) is 24.3 Å². The van der Waals surface area contributed by atoms with Crippen molar-refractivity contribution in [2.24, 2.45) is 0 Å². The fourth-order valence-electron chi connectivity index (χ4n) is 8.03. The van der Waals surface area contributed by atoms with E-state index in [2.05, 4.69) is 0 Å². The minimum absolute atomic E-state index is 0.0203. The van der Waals surface area contributed by atoms with Crippen LogP contribution in [0.4, 0.5) is 11.4 Å². The number of ketones is 2. The standard InChI is InChI=1S/C48H26N4O11/c1-49-41(55)31-15-3-23(19-35(31)43(49)57)39(53)25-5-17-33-37(21-25)47(61)51(45(33)59)27-7-11-29(12-8-27)63-30-13-9-28(10-14-30)52-46(60)34-18-6-26(22-38(34)48(52)62)40(54)24-4-16-32-36(20-24)44(58)50(2)42(32)56/h3-22H,1-2H3. The van der Waals surface area contributed by atoms with Crippen LogP contribution in [0.15, 0.2) is 121 Å². The van der Waals surface area contributed by atoms with Gasteiger partial charge in [-0.25, -0.2) is 9.80 Å². The van der Waals surface area contributed by atoms with Gasteiger partial charge in [-0.15, -0.1) is 0 Å². The van der Waals surface area contributed by atoms with Crippen molar-refractivity contribution < 1.29 is 52.7 Å². The maximum Gasteiger partial charge on any atom is 0.266 e. The summed E-state index contributed by atoms with van der Waals surface area (Å²) in [5.74, 6) is -4.81. The second kappa shape index (κ2) is 13.8. The molecular formula is C48H26N4O11. The Labute approximate surface area is 355 Å². The summed E-state index contributed by atoms with van der Waals surface area (Å²) >= 11 is 0. The quantitative estimate of drug-likeness (QED) is 0.129. The molecule has 0 aromatic heterocycles. The lowest BCUT2D eigenvalue weighted by molar-refractivity contribution is 0.0677. The molecule has 0 saturated heterocycles. The Kier molecular flexibility index (Phi) is 8.37. The molecule has 0 saturated carbocycles. The van der Waals surface area contributed by atoms with E-state index in [0.29, 0.717) is 11.5 Å². The van der Waals surface area contributed by atoms with Gasteiger partial charge in [0.1, 0.15) is 11.5 Å². The van der Waals surface area contributed by atoms with Crippen LogP contribution in [0.5, 0.6) is 11.5 Å². The highest BCUT2D eigenvalue weighted by Crippen LogP contribution is 2.35. The lowest BCUT2D eigenvalue weighted by Crippen LogP contribution is -2.29. The third kappa shape index (κ3) is 5.74. The third-order valence-electron chi connectivity index (χ3n) is 11.4. The molecule has 4 aliphatic rings. The number of fused-ring (bicyclic) bond motifs is 4. The van der Waals surface area contributed by atoms with Crippen LogP contribution >= 0.6 is 0 Å². The zero-order valence-electron chi connectivity index (χ0n) is 32.8. The van der Waals surface area contributed by atoms with Crippen LogP contribution in [0.2, 0.25) is 0 Å². The molecule has 6 aromatic rings. The molecule has 0 spiro atoms. The Morgan fingerprint density at radius 3 is 0.905 bits per heavy atom. The molecule has 8 amide bonds. The van der Waals surface area contributed by atoms with Gasteiger partial charge in [0.2, 0.25) is 0 Å². The molecule has 0 unspecified atom stereocenters. The number of amides is 8. The Balaban J connectivity index is 0.809. The monoisotopic (exact) mass is 834 g/mol. The van der Waals surface area contributed by atoms with Crippen molar-refractivity contribution in [1.29, 1.82) is 0 Å². The van der Waals surface area contributed by atoms with Crippen LogP contribution < -0.4 is 14.5 Å². The molecular weight excluding hydrogens is 809 g/mol. The largest absolute Gasteiger partial charge is 0.457 e. The molecule has 0 bridgehead atoms. The number of nitrogens with zero attached hydrogens (tertiary/aromatic N) is 4. The number of benzene rings is 6. The first-order valence-corrected chi connectivity index (χ1v) is 19.2. The summed E-state index contributed by atoms with van der Waals surface area (Å²) in [5.41, 5.74) is 1.81. The maximum atomic E-state index is 13.6. The zero-order chi connectivity index (χ0) is 44.2. The third-order valence-corrected chi connectivity index (χ3v) is 11.4. The molecule has 0 aliphatic carbocycles. The van der Waals surface area contributed by atoms with E-state index in [-0.39, 0.29) is 78.1 Å². The fourth-order valence-corrected chi connectivity index (χ4v) is 8.03. The van der Waals surface area contributed by atoms with E-state index in [1.807, 2.05) is 0 Å². The minimum Gasteiger partial charge on any atom is -0.457 e. The summed E-state index contributed by atoms with van der Waals surface area (Å²) in [6, 6.07) is 28.9. The van der Waals surface area contributed by atoms with E-state index >= 15 is 0 Å². The number of hydrogen-bond donors (Lipinski definition) is 0. The van der Waals surface area contributed by atoms with Gasteiger partial charge in [-0.05, 0) is 97.1 Å². The van der Waals surface area contributed by atoms with Crippen LogP contribution in [0, 0.1) is 0 Å². The van der Waals surface area contributed by atoms with E-state index in [0.717, 1.165) is 19.6 Å². The molecule has 4 aliphatic heterocycles. The average molecular weight is 835 g/mol. The molecule has 0 atom stereocenters. The van der Waals surface area contributed by atoms with Crippen molar-refractivity contribution in [3.8, 4) is 11.5 Å². The highest BCUT2D eigenvalue weighted by molar-refractivity contribution is 6.36. The van der Waals surface area contributed by atoms with Crippen LogP contribution in [0.25, 0.3) is 0 Å². The predicted molar refractivity (Wildman–Crippen MR) is 221 cm³/mol. The van der Waals surface area contributed by atoms with Gasteiger partial charge in [0.25, 0.3) is 47.3 Å². The molecule has 6 aromatic carbocycles. The van der Waals surface area contributed by atoms with Crippen LogP contribution in [0.3, 0.4) is 0 Å². The first-order chi connectivity index (χ1) is 30.2. The number of carbonyl (C=O) groups excluding carboxylic acids is 10. The van der Waals surface area contributed by atoms with Crippen molar-refractivity contribution in [2.45, 2.75) is 0 Å². The summed E-state index contributed by atoms with van der Waals surface area (Å²) < 4.78 is 5.97. The summed E-state index contributed by atoms with van der Waals surface area (Å²) in [7, 11) is 2.71. The summed E-state index contributed by atoms with van der Waals surface area (Å²) in [6.45, 7) is 0. The molecule has 63 heavy (non-hydrogen) atoms. The average Bonchev–Trinajstić information content (AvgIpc) is 3.88. The summed E-state index contributed by atoms with van der Waals surface area (Å²) in [4.78, 5) is 134. The van der Waals surface area contributed by atoms with Crippen molar-refractivity contribution in [3.63, 3.8) is 0 Å². The Hall–Kier alpha value is -8.98. The first kappa shape index (κ1) is 38.2. The highest BCUT2D eigenvalue weighted by atomic mass is 16.5. The number of carbonyl (C=O) groups is 10. The highest BCUT2D eigenvalue weighted by Gasteiger charge is 2.40. The fraction of sp³-hybridized carbons (Fsp3) is 0.0417. The number of anilines is 2. The molecule has 10 rings (SSSR count). The maximum absolute atomic E-state index is 13.6. The second-order valence-corrected chi connectivity index (χ2v) is 15.0. The van der Waals surface area contributed by atoms with E-state index in [4.69, 9.17) is 4.74 Å². The van der Waals surface area contributed by atoms with Gasteiger partial charge < -0.3 is 4.74 Å². The second-order valence-electron chi connectivity index (χ2n) is 15.0. The Morgan fingerprint density at radius 1 is 0.333 bits per heavy atom. The van der Waals surface area contributed by atoms with Gasteiger partial charge in [-0.2, -0.15) is 0 Å². The summed E-state index contributed by atoms with van der Waals surface area (Å²) in [5, 5.41) is 0. The van der Waals surface area contributed by atoms with Crippen LogP contribution in [-0.2, 0) is 0 Å². The van der Waals surface area contributed by atoms with Gasteiger partial charge in [0.05, 0.1) is 55.9 Å². The molecule has 0 N–H and O–H groups in total. The number of hydrogen-bond acceptors (Lipinski definition) is 11. The van der Waals surface area contributed by atoms with Gasteiger partial charge in [0, 0.05) is 36.3 Å². The predicted octanol–water partition coefficient (Wildman–Crippen LogP) is 5.99. The van der Waals surface area contributed by atoms with Crippen LogP contribution in [0.1, 0.15) is 115 Å². The first-order valence-electron chi connectivity index (χ1n) is 19.2. The van der Waals surface area contributed by atoms with E-state index in [9.17, 15) is 47.9 Å². The van der Waals surface area contributed by atoms with Gasteiger partial charge in [-0.3, -0.25) is 57.7 Å². The molecule has 0 radical (unpaired) electrons. The lowest BCUT2D eigenvalue weighted by atomic mass is 9.96. The molecule has 15 heteroatoms. The van der Waals surface area contributed by atoms with E-state index in [1.165, 1.54) is 111 Å². The molecule has 15 nitrogen and oxygen atoms in total. The minimum atomic E-state index is -0.648. The zero-order valence-corrected chi connectivity index (χ0v) is 32.8. The smallest absolute Gasteiger partial charge is 0.266 e. The number of imide groups is 4. The Morgan fingerprint density at radius 2 is 0.587 bits per heavy atom. The molecule has 304 valence electrons. The van der Waals surface area contributed by atoms with Crippen LogP contribution in [-0.4, -0.2) is 82.7 Å². The SMILES string of the molecule is CN1C(=O)c2ccc(C(=O)c3ccc4c(c3)C(=O)N(c3ccc(Oc5ccc(N6C(=O)c7ccc(C(=O)c8ccc9c(c8)C(=O)N(C)C9=O)cc7C6=O)cc5)cc3)C4=O)cc2C1=O. The molecule has 0 fully saturated rings. The topological polar surface area (TPSA) is 193 Å². The van der Waals surface area contributed by atoms with Gasteiger partial charge >= 0.3 is 0 Å².